The van der Waals surface area contributed by atoms with Gasteiger partial charge in [-0.1, -0.05) is 0 Å². The quantitative estimate of drug-likeness (QED) is 0.796. The Morgan fingerprint density at radius 2 is 2.24 bits per heavy atom. The molecule has 0 aromatic carbocycles. The number of pyridine rings is 1. The minimum absolute atomic E-state index is 0.168. The number of rotatable bonds is 2. The van der Waals surface area contributed by atoms with Crippen molar-refractivity contribution in [2.45, 2.75) is 33.4 Å². The molecule has 0 radical (unpaired) electrons. The molecule has 1 aliphatic rings. The Morgan fingerprint density at radius 3 is 2.94 bits per heavy atom. The summed E-state index contributed by atoms with van der Waals surface area (Å²) in [4.78, 5) is 17.5. The van der Waals surface area contributed by atoms with Gasteiger partial charge in [-0.15, -0.1) is 0 Å². The van der Waals surface area contributed by atoms with Crippen molar-refractivity contribution in [3.63, 3.8) is 0 Å². The molecule has 0 amide bonds. The van der Waals surface area contributed by atoms with E-state index in [1.54, 1.807) is 0 Å². The monoisotopic (exact) mass is 235 g/mol. The molecule has 4 heteroatoms. The van der Waals surface area contributed by atoms with Gasteiger partial charge in [0.2, 0.25) is 0 Å². The number of H-pyrrole nitrogens is 1. The maximum atomic E-state index is 11.9. The number of hydrogen-bond donors (Lipinski definition) is 2. The van der Waals surface area contributed by atoms with Gasteiger partial charge in [-0.3, -0.25) is 9.69 Å². The fourth-order valence-electron chi connectivity index (χ4n) is 2.29. The van der Waals surface area contributed by atoms with Crippen LogP contribution in [0.2, 0.25) is 0 Å². The van der Waals surface area contributed by atoms with Gasteiger partial charge in [-0.25, -0.2) is 0 Å². The summed E-state index contributed by atoms with van der Waals surface area (Å²) in [5.41, 5.74) is 2.87. The van der Waals surface area contributed by atoms with Gasteiger partial charge in [-0.2, -0.15) is 0 Å². The van der Waals surface area contributed by atoms with Crippen molar-refractivity contribution in [1.29, 1.82) is 0 Å². The third-order valence-corrected chi connectivity index (χ3v) is 3.61. The Morgan fingerprint density at radius 1 is 1.47 bits per heavy atom. The Labute approximate surface area is 102 Å². The molecule has 1 saturated heterocycles. The lowest BCUT2D eigenvalue weighted by Crippen LogP contribution is -2.49. The van der Waals surface area contributed by atoms with E-state index in [0.29, 0.717) is 6.04 Å². The van der Waals surface area contributed by atoms with Crippen LogP contribution >= 0.6 is 0 Å². The second-order valence-corrected chi connectivity index (χ2v) is 4.93. The van der Waals surface area contributed by atoms with Gasteiger partial charge in [-0.05, 0) is 20.8 Å². The van der Waals surface area contributed by atoms with Gasteiger partial charge < -0.3 is 10.3 Å². The van der Waals surface area contributed by atoms with Gasteiger partial charge in [0.05, 0.1) is 0 Å². The van der Waals surface area contributed by atoms with E-state index in [0.717, 1.165) is 43.0 Å². The molecule has 2 rings (SSSR count). The lowest BCUT2D eigenvalue weighted by molar-refractivity contribution is 0.163. The Hall–Kier alpha value is -1.13. The molecule has 1 aromatic rings. The molecule has 0 spiro atoms. The number of nitrogens with one attached hydrogen (secondary N) is 2. The molecule has 2 heterocycles. The smallest absolute Gasteiger partial charge is 0.187 e. The zero-order valence-electron chi connectivity index (χ0n) is 10.8. The molecule has 0 unspecified atom stereocenters. The van der Waals surface area contributed by atoms with Crippen LogP contribution in [0.5, 0.6) is 0 Å². The number of aromatic nitrogens is 1. The van der Waals surface area contributed by atoms with Crippen molar-refractivity contribution < 1.29 is 0 Å². The van der Waals surface area contributed by atoms with E-state index in [2.05, 4.69) is 22.1 Å². The summed E-state index contributed by atoms with van der Waals surface area (Å²) in [6.45, 7) is 9.90. The highest BCUT2D eigenvalue weighted by Gasteiger charge is 2.19. The SMILES string of the molecule is Cc1c[nH]c(CN2CCNC[C@H]2C)c(C)c1=O. The molecular weight excluding hydrogens is 214 g/mol. The Bertz CT molecular complexity index is 452. The van der Waals surface area contributed by atoms with Crippen LogP contribution in [0.1, 0.15) is 23.7 Å². The number of nitrogens with zero attached hydrogens (tertiary/aromatic N) is 1. The van der Waals surface area contributed by atoms with Gasteiger partial charge in [0.1, 0.15) is 0 Å². The fraction of sp³-hybridized carbons (Fsp3) is 0.615. The summed E-state index contributed by atoms with van der Waals surface area (Å²) in [7, 11) is 0. The summed E-state index contributed by atoms with van der Waals surface area (Å²) < 4.78 is 0. The predicted molar refractivity (Wildman–Crippen MR) is 69.3 cm³/mol. The number of piperazine rings is 1. The van der Waals surface area contributed by atoms with E-state index in [4.69, 9.17) is 0 Å². The average molecular weight is 235 g/mol. The first-order chi connectivity index (χ1) is 8.09. The van der Waals surface area contributed by atoms with Gasteiger partial charge in [0.25, 0.3) is 0 Å². The minimum atomic E-state index is 0.168. The van der Waals surface area contributed by atoms with Crippen molar-refractivity contribution in [2.24, 2.45) is 0 Å². The molecule has 1 aromatic heterocycles. The summed E-state index contributed by atoms with van der Waals surface area (Å²) in [5, 5.41) is 3.37. The summed E-state index contributed by atoms with van der Waals surface area (Å²) in [5.74, 6) is 0. The first-order valence-electron chi connectivity index (χ1n) is 6.22. The molecule has 17 heavy (non-hydrogen) atoms. The second kappa shape index (κ2) is 5.02. The minimum Gasteiger partial charge on any atom is -0.363 e. The van der Waals surface area contributed by atoms with E-state index < -0.39 is 0 Å². The molecule has 1 atom stereocenters. The lowest BCUT2D eigenvalue weighted by atomic mass is 10.1. The molecule has 0 bridgehead atoms. The highest BCUT2D eigenvalue weighted by Crippen LogP contribution is 2.10. The van der Waals surface area contributed by atoms with Crippen LogP contribution in [0.25, 0.3) is 0 Å². The third-order valence-electron chi connectivity index (χ3n) is 3.61. The number of aryl methyl sites for hydroxylation is 1. The summed E-state index contributed by atoms with van der Waals surface area (Å²) >= 11 is 0. The molecule has 1 aliphatic heterocycles. The van der Waals surface area contributed by atoms with Crippen molar-refractivity contribution in [2.75, 3.05) is 19.6 Å². The van der Waals surface area contributed by atoms with E-state index in [9.17, 15) is 4.79 Å². The largest absolute Gasteiger partial charge is 0.363 e. The zero-order chi connectivity index (χ0) is 12.4. The normalized spacial score (nSPS) is 21.7. The lowest BCUT2D eigenvalue weighted by Gasteiger charge is -2.34. The van der Waals surface area contributed by atoms with Crippen molar-refractivity contribution in [3.8, 4) is 0 Å². The van der Waals surface area contributed by atoms with Crippen LogP contribution in [0.3, 0.4) is 0 Å². The van der Waals surface area contributed by atoms with Crippen LogP contribution in [0.15, 0.2) is 11.0 Å². The van der Waals surface area contributed by atoms with E-state index in [1.807, 2.05) is 20.0 Å². The molecule has 0 aliphatic carbocycles. The Balaban J connectivity index is 2.18. The third kappa shape index (κ3) is 2.58. The van der Waals surface area contributed by atoms with Crippen LogP contribution in [-0.4, -0.2) is 35.6 Å². The van der Waals surface area contributed by atoms with Crippen LogP contribution in [0.4, 0.5) is 0 Å². The zero-order valence-corrected chi connectivity index (χ0v) is 10.8. The molecular formula is C13H21N3O. The fourth-order valence-corrected chi connectivity index (χ4v) is 2.29. The maximum absolute atomic E-state index is 11.9. The van der Waals surface area contributed by atoms with Gasteiger partial charge >= 0.3 is 0 Å². The first-order valence-corrected chi connectivity index (χ1v) is 6.22. The van der Waals surface area contributed by atoms with Crippen molar-refractivity contribution in [3.05, 3.63) is 33.2 Å². The van der Waals surface area contributed by atoms with E-state index >= 15 is 0 Å². The molecule has 0 saturated carbocycles. The maximum Gasteiger partial charge on any atom is 0.187 e. The second-order valence-electron chi connectivity index (χ2n) is 4.93. The van der Waals surface area contributed by atoms with Gasteiger partial charge in [0, 0.05) is 55.2 Å². The Kier molecular flexibility index (Phi) is 3.64. The average Bonchev–Trinajstić information content (AvgIpc) is 2.32. The highest BCUT2D eigenvalue weighted by molar-refractivity contribution is 5.23. The molecule has 94 valence electrons. The highest BCUT2D eigenvalue weighted by atomic mass is 16.1. The molecule has 4 nitrogen and oxygen atoms in total. The van der Waals surface area contributed by atoms with Crippen molar-refractivity contribution >= 4 is 0 Å². The van der Waals surface area contributed by atoms with Crippen molar-refractivity contribution in [1.82, 2.24) is 15.2 Å². The summed E-state index contributed by atoms with van der Waals surface area (Å²) in [6, 6.07) is 0.521. The standard InChI is InChI=1S/C13H21N3O/c1-9-6-15-12(11(3)13(9)17)8-16-5-4-14-7-10(16)2/h6,10,14H,4-5,7-8H2,1-3H3,(H,15,17)/t10-/m1/s1. The summed E-state index contributed by atoms with van der Waals surface area (Å²) in [6.07, 6.45) is 1.82. The first kappa shape index (κ1) is 12.3. The topological polar surface area (TPSA) is 48.1 Å². The van der Waals surface area contributed by atoms with Crippen LogP contribution < -0.4 is 10.7 Å². The number of aromatic amines is 1. The number of hydrogen-bond acceptors (Lipinski definition) is 3. The molecule has 2 N–H and O–H groups in total. The van der Waals surface area contributed by atoms with Gasteiger partial charge in [0.15, 0.2) is 5.43 Å². The van der Waals surface area contributed by atoms with Crippen LogP contribution in [0, 0.1) is 13.8 Å². The van der Waals surface area contributed by atoms with E-state index in [1.165, 1.54) is 0 Å². The predicted octanol–water partition coefficient (Wildman–Crippen LogP) is 0.785. The van der Waals surface area contributed by atoms with E-state index in [-0.39, 0.29) is 5.43 Å². The molecule has 1 fully saturated rings. The van der Waals surface area contributed by atoms with Crippen LogP contribution in [-0.2, 0) is 6.54 Å².